The summed E-state index contributed by atoms with van der Waals surface area (Å²) in [5.74, 6) is -1.22. The second kappa shape index (κ2) is 9.66. The first kappa shape index (κ1) is 18.7. The lowest BCUT2D eigenvalue weighted by molar-refractivity contribution is -0.389. The van der Waals surface area contributed by atoms with Crippen LogP contribution in [0.2, 0.25) is 0 Å². The Labute approximate surface area is 135 Å². The number of aromatic nitrogens is 1. The van der Waals surface area contributed by atoms with Crippen LogP contribution in [0.3, 0.4) is 0 Å². The molecule has 0 aliphatic heterocycles. The number of nitrogens with one attached hydrogen (secondary N) is 1. The van der Waals surface area contributed by atoms with Crippen LogP contribution in [-0.2, 0) is 4.79 Å². The van der Waals surface area contributed by atoms with Crippen LogP contribution in [0.4, 0.5) is 5.82 Å². The highest BCUT2D eigenvalue weighted by molar-refractivity contribution is 6.05. The van der Waals surface area contributed by atoms with E-state index in [1.807, 2.05) is 0 Å². The van der Waals surface area contributed by atoms with Crippen LogP contribution in [-0.4, -0.2) is 21.7 Å². The van der Waals surface area contributed by atoms with Crippen molar-refractivity contribution in [1.82, 2.24) is 10.3 Å². The van der Waals surface area contributed by atoms with E-state index >= 15 is 0 Å². The molecule has 7 heteroatoms. The minimum atomic E-state index is -0.627. The number of aryl methyl sites for hydroxylation is 1. The van der Waals surface area contributed by atoms with Crippen LogP contribution < -0.4 is 5.32 Å². The van der Waals surface area contributed by atoms with Gasteiger partial charge < -0.3 is 10.1 Å². The van der Waals surface area contributed by atoms with E-state index in [2.05, 4.69) is 17.2 Å². The van der Waals surface area contributed by atoms with E-state index < -0.39 is 10.8 Å². The maximum absolute atomic E-state index is 12.0. The maximum atomic E-state index is 12.0. The third-order valence-electron chi connectivity index (χ3n) is 3.54. The molecule has 1 aromatic rings. The first-order valence-corrected chi connectivity index (χ1v) is 7.91. The molecule has 0 fully saturated rings. The predicted octanol–water partition coefficient (Wildman–Crippen LogP) is 3.31. The molecular formula is C16H23N3O4. The number of hydrogen-bond acceptors (Lipinski definition) is 5. The number of hydrogen-bond donors (Lipinski definition) is 1. The van der Waals surface area contributed by atoms with E-state index in [1.54, 1.807) is 6.92 Å². The Morgan fingerprint density at radius 1 is 1.22 bits per heavy atom. The summed E-state index contributed by atoms with van der Waals surface area (Å²) in [6, 6.07) is 1.22. The van der Waals surface area contributed by atoms with Crippen LogP contribution in [0, 0.1) is 17.0 Å². The predicted molar refractivity (Wildman–Crippen MR) is 86.1 cm³/mol. The fraction of sp³-hybridized carbons (Fsp3) is 0.562. The number of imide groups is 1. The Morgan fingerprint density at radius 3 is 2.48 bits per heavy atom. The maximum Gasteiger partial charge on any atom is 0.363 e. The van der Waals surface area contributed by atoms with Gasteiger partial charge in [0.25, 0.3) is 5.91 Å². The van der Waals surface area contributed by atoms with Crippen molar-refractivity contribution in [2.45, 2.75) is 58.8 Å². The summed E-state index contributed by atoms with van der Waals surface area (Å²) in [6.07, 6.45) is 7.80. The molecule has 0 saturated carbocycles. The zero-order chi connectivity index (χ0) is 17.2. The van der Waals surface area contributed by atoms with Crippen molar-refractivity contribution in [2.75, 3.05) is 0 Å². The molecule has 0 aliphatic rings. The smallest absolute Gasteiger partial charge is 0.358 e. The number of pyridine rings is 1. The lowest BCUT2D eigenvalue weighted by Crippen LogP contribution is -2.30. The monoisotopic (exact) mass is 321 g/mol. The molecule has 23 heavy (non-hydrogen) atoms. The third-order valence-corrected chi connectivity index (χ3v) is 3.54. The van der Waals surface area contributed by atoms with E-state index in [-0.39, 0.29) is 17.3 Å². The molecule has 126 valence electrons. The van der Waals surface area contributed by atoms with Crippen molar-refractivity contribution < 1.29 is 14.5 Å². The van der Waals surface area contributed by atoms with E-state index in [4.69, 9.17) is 0 Å². The van der Waals surface area contributed by atoms with Gasteiger partial charge in [-0.3, -0.25) is 14.9 Å². The summed E-state index contributed by atoms with van der Waals surface area (Å²) in [6.45, 7) is 3.72. The highest BCUT2D eigenvalue weighted by Crippen LogP contribution is 2.13. The largest absolute Gasteiger partial charge is 0.363 e. The number of rotatable bonds is 9. The molecule has 0 aliphatic carbocycles. The summed E-state index contributed by atoms with van der Waals surface area (Å²) in [4.78, 5) is 37.3. The molecule has 0 unspecified atom stereocenters. The van der Waals surface area contributed by atoms with Crippen molar-refractivity contribution in [2.24, 2.45) is 0 Å². The Hall–Kier alpha value is -2.31. The van der Waals surface area contributed by atoms with Gasteiger partial charge in [0, 0.05) is 12.5 Å². The molecular weight excluding hydrogens is 298 g/mol. The van der Waals surface area contributed by atoms with Crippen LogP contribution in [0.25, 0.3) is 0 Å². The molecule has 0 aromatic carbocycles. The van der Waals surface area contributed by atoms with E-state index in [0.29, 0.717) is 12.0 Å². The molecule has 1 rings (SSSR count). The van der Waals surface area contributed by atoms with Crippen molar-refractivity contribution in [3.63, 3.8) is 0 Å². The van der Waals surface area contributed by atoms with Gasteiger partial charge in [-0.2, -0.15) is 0 Å². The van der Waals surface area contributed by atoms with Gasteiger partial charge in [0.05, 0.1) is 5.56 Å². The lowest BCUT2D eigenvalue weighted by Gasteiger charge is -2.05. The molecule has 1 aromatic heterocycles. The molecule has 0 bridgehead atoms. The van der Waals surface area contributed by atoms with Crippen molar-refractivity contribution >= 4 is 17.6 Å². The first-order chi connectivity index (χ1) is 11.0. The van der Waals surface area contributed by atoms with Crippen molar-refractivity contribution in [3.8, 4) is 0 Å². The number of nitro groups is 1. The Bertz CT molecular complexity index is 572. The molecule has 0 radical (unpaired) electrons. The quantitative estimate of drug-likeness (QED) is 0.427. The Kier molecular flexibility index (Phi) is 7.87. The number of carbonyl (C=O) groups is 2. The number of nitrogens with zero attached hydrogens (tertiary/aromatic N) is 2. The van der Waals surface area contributed by atoms with Gasteiger partial charge in [-0.05, 0) is 28.8 Å². The average molecular weight is 321 g/mol. The van der Waals surface area contributed by atoms with Crippen molar-refractivity contribution in [3.05, 3.63) is 33.5 Å². The van der Waals surface area contributed by atoms with Crippen LogP contribution in [0.1, 0.15) is 67.8 Å². The summed E-state index contributed by atoms with van der Waals surface area (Å²) >= 11 is 0. The molecule has 7 nitrogen and oxygen atoms in total. The summed E-state index contributed by atoms with van der Waals surface area (Å²) in [7, 11) is 0. The summed E-state index contributed by atoms with van der Waals surface area (Å²) in [5.41, 5.74) is 0.587. The lowest BCUT2D eigenvalue weighted by atomic mass is 10.1. The van der Waals surface area contributed by atoms with Gasteiger partial charge in [-0.25, -0.2) is 0 Å². The summed E-state index contributed by atoms with van der Waals surface area (Å²) < 4.78 is 0. The molecule has 1 N–H and O–H groups in total. The van der Waals surface area contributed by atoms with Crippen LogP contribution >= 0.6 is 0 Å². The zero-order valence-electron chi connectivity index (χ0n) is 13.6. The van der Waals surface area contributed by atoms with Gasteiger partial charge in [-0.15, -0.1) is 0 Å². The van der Waals surface area contributed by atoms with Crippen LogP contribution in [0.15, 0.2) is 12.3 Å². The number of unbranched alkanes of at least 4 members (excludes halogenated alkanes) is 5. The fourth-order valence-corrected chi connectivity index (χ4v) is 2.20. The molecule has 2 amide bonds. The van der Waals surface area contributed by atoms with E-state index in [0.717, 1.165) is 25.5 Å². The van der Waals surface area contributed by atoms with Crippen molar-refractivity contribution in [1.29, 1.82) is 0 Å². The second-order valence-corrected chi connectivity index (χ2v) is 5.51. The molecule has 0 spiro atoms. The number of amides is 2. The summed E-state index contributed by atoms with van der Waals surface area (Å²) in [5, 5.41) is 12.9. The van der Waals surface area contributed by atoms with Gasteiger partial charge in [0.1, 0.15) is 0 Å². The van der Waals surface area contributed by atoms with Gasteiger partial charge in [-0.1, -0.05) is 39.0 Å². The normalized spacial score (nSPS) is 10.3. The van der Waals surface area contributed by atoms with E-state index in [9.17, 15) is 19.7 Å². The third kappa shape index (κ3) is 6.54. The Morgan fingerprint density at radius 2 is 1.87 bits per heavy atom. The number of carbonyl (C=O) groups excluding carboxylic acids is 2. The van der Waals surface area contributed by atoms with E-state index in [1.165, 1.54) is 25.3 Å². The minimum Gasteiger partial charge on any atom is -0.358 e. The molecule has 1 heterocycles. The average Bonchev–Trinajstić information content (AvgIpc) is 2.50. The molecule has 0 atom stereocenters. The highest BCUT2D eigenvalue weighted by atomic mass is 16.6. The first-order valence-electron chi connectivity index (χ1n) is 7.91. The fourth-order valence-electron chi connectivity index (χ4n) is 2.20. The molecule has 0 saturated heterocycles. The second-order valence-electron chi connectivity index (χ2n) is 5.51. The SMILES string of the molecule is CCCCCCCCC(=O)NC(=O)c1cnc([N+](=O)[O-])cc1C. The zero-order valence-corrected chi connectivity index (χ0v) is 13.6. The van der Waals surface area contributed by atoms with Gasteiger partial charge >= 0.3 is 5.82 Å². The van der Waals surface area contributed by atoms with Gasteiger partial charge in [0.15, 0.2) is 6.20 Å². The van der Waals surface area contributed by atoms with Crippen LogP contribution in [0.5, 0.6) is 0 Å². The minimum absolute atomic E-state index is 0.173. The standard InChI is InChI=1S/C16H23N3O4/c1-3-4-5-6-7-8-9-15(20)18-16(21)13-11-17-14(19(22)23)10-12(13)2/h10-11H,3-9H2,1-2H3,(H,18,20,21). The Balaban J connectivity index is 2.43. The topological polar surface area (TPSA) is 102 Å². The highest BCUT2D eigenvalue weighted by Gasteiger charge is 2.17. The van der Waals surface area contributed by atoms with Gasteiger partial charge in [0.2, 0.25) is 5.91 Å².